The molecule has 0 saturated carbocycles. The Balaban J connectivity index is 2.08. The lowest BCUT2D eigenvalue weighted by Gasteiger charge is -2.11. The molecule has 0 saturated heterocycles. The van der Waals surface area contributed by atoms with Crippen molar-refractivity contribution in [3.63, 3.8) is 0 Å². The molecule has 0 heterocycles. The van der Waals surface area contributed by atoms with Gasteiger partial charge in [0.15, 0.2) is 0 Å². The van der Waals surface area contributed by atoms with Gasteiger partial charge in [0.1, 0.15) is 0 Å². The van der Waals surface area contributed by atoms with Crippen LogP contribution in [0, 0.1) is 13.8 Å². The first kappa shape index (κ1) is 15.1. The first-order valence-electron chi connectivity index (χ1n) is 7.17. The number of aryl methyl sites for hydroxylation is 2. The SMILES string of the molecule is CCOC(=O)c1cccc(NCc2cc(C)ccc2C)c1. The van der Waals surface area contributed by atoms with Crippen molar-refractivity contribution in [2.75, 3.05) is 11.9 Å². The summed E-state index contributed by atoms with van der Waals surface area (Å²) in [6.07, 6.45) is 0. The Morgan fingerprint density at radius 1 is 1.14 bits per heavy atom. The Kier molecular flexibility index (Phi) is 4.99. The van der Waals surface area contributed by atoms with Crippen LogP contribution in [0.2, 0.25) is 0 Å². The van der Waals surface area contributed by atoms with Gasteiger partial charge in [-0.05, 0) is 50.1 Å². The highest BCUT2D eigenvalue weighted by Crippen LogP contribution is 2.16. The Morgan fingerprint density at radius 3 is 2.71 bits per heavy atom. The summed E-state index contributed by atoms with van der Waals surface area (Å²) in [6.45, 7) is 7.12. The van der Waals surface area contributed by atoms with Gasteiger partial charge in [-0.3, -0.25) is 0 Å². The summed E-state index contributed by atoms with van der Waals surface area (Å²) in [5, 5.41) is 3.36. The Bertz CT molecular complexity index is 635. The topological polar surface area (TPSA) is 38.3 Å². The van der Waals surface area contributed by atoms with Crippen LogP contribution >= 0.6 is 0 Å². The molecular weight excluding hydrogens is 262 g/mol. The number of carbonyl (C=O) groups is 1. The number of hydrogen-bond acceptors (Lipinski definition) is 3. The van der Waals surface area contributed by atoms with E-state index in [0.29, 0.717) is 12.2 Å². The molecule has 0 fully saturated rings. The standard InChI is InChI=1S/C18H21NO2/c1-4-21-18(20)15-6-5-7-17(11-15)19-12-16-10-13(2)8-9-14(16)3/h5-11,19H,4,12H2,1-3H3. The molecule has 3 heteroatoms. The summed E-state index contributed by atoms with van der Waals surface area (Å²) in [7, 11) is 0. The number of nitrogens with one attached hydrogen (secondary N) is 1. The molecule has 0 aliphatic rings. The molecule has 1 N–H and O–H groups in total. The third-order valence-corrected chi connectivity index (χ3v) is 3.36. The first-order valence-corrected chi connectivity index (χ1v) is 7.17. The lowest BCUT2D eigenvalue weighted by atomic mass is 10.1. The summed E-state index contributed by atoms with van der Waals surface area (Å²) in [4.78, 5) is 11.7. The van der Waals surface area contributed by atoms with E-state index in [4.69, 9.17) is 4.74 Å². The van der Waals surface area contributed by atoms with E-state index in [1.54, 1.807) is 13.0 Å². The summed E-state index contributed by atoms with van der Waals surface area (Å²) < 4.78 is 5.01. The predicted molar refractivity (Wildman–Crippen MR) is 85.6 cm³/mol. The molecule has 3 nitrogen and oxygen atoms in total. The van der Waals surface area contributed by atoms with Crippen LogP contribution in [0.3, 0.4) is 0 Å². The molecule has 0 amide bonds. The zero-order chi connectivity index (χ0) is 15.2. The number of rotatable bonds is 5. The molecule has 0 aliphatic carbocycles. The van der Waals surface area contributed by atoms with Crippen LogP contribution in [0.5, 0.6) is 0 Å². The number of carbonyl (C=O) groups excluding carboxylic acids is 1. The van der Waals surface area contributed by atoms with Crippen molar-refractivity contribution < 1.29 is 9.53 Å². The van der Waals surface area contributed by atoms with Crippen LogP contribution < -0.4 is 5.32 Å². The monoisotopic (exact) mass is 283 g/mol. The number of anilines is 1. The second-order valence-corrected chi connectivity index (χ2v) is 5.08. The molecule has 2 aromatic rings. The zero-order valence-corrected chi connectivity index (χ0v) is 12.8. The third kappa shape index (κ3) is 4.09. The average Bonchev–Trinajstić information content (AvgIpc) is 2.49. The molecule has 0 aromatic heterocycles. The van der Waals surface area contributed by atoms with Gasteiger partial charge >= 0.3 is 5.97 Å². The Morgan fingerprint density at radius 2 is 1.95 bits per heavy atom. The molecule has 0 bridgehead atoms. The van der Waals surface area contributed by atoms with Crippen LogP contribution in [0.4, 0.5) is 5.69 Å². The maximum Gasteiger partial charge on any atom is 0.338 e. The second kappa shape index (κ2) is 6.93. The zero-order valence-electron chi connectivity index (χ0n) is 12.8. The van der Waals surface area contributed by atoms with E-state index in [0.717, 1.165) is 12.2 Å². The smallest absolute Gasteiger partial charge is 0.338 e. The normalized spacial score (nSPS) is 10.2. The van der Waals surface area contributed by atoms with E-state index in [-0.39, 0.29) is 5.97 Å². The van der Waals surface area contributed by atoms with E-state index in [2.05, 4.69) is 37.4 Å². The minimum Gasteiger partial charge on any atom is -0.462 e. The van der Waals surface area contributed by atoms with Gasteiger partial charge in [0.05, 0.1) is 12.2 Å². The van der Waals surface area contributed by atoms with Crippen molar-refractivity contribution in [2.45, 2.75) is 27.3 Å². The maximum atomic E-state index is 11.7. The average molecular weight is 283 g/mol. The van der Waals surface area contributed by atoms with Gasteiger partial charge in [0.2, 0.25) is 0 Å². The highest BCUT2D eigenvalue weighted by molar-refractivity contribution is 5.90. The van der Waals surface area contributed by atoms with Crippen molar-refractivity contribution in [3.8, 4) is 0 Å². The fourth-order valence-corrected chi connectivity index (χ4v) is 2.16. The highest BCUT2D eigenvalue weighted by Gasteiger charge is 2.06. The van der Waals surface area contributed by atoms with Crippen LogP contribution in [0.25, 0.3) is 0 Å². The van der Waals surface area contributed by atoms with E-state index in [1.165, 1.54) is 16.7 Å². The summed E-state index contributed by atoms with van der Waals surface area (Å²) >= 11 is 0. The van der Waals surface area contributed by atoms with Gasteiger partial charge < -0.3 is 10.1 Å². The molecule has 2 rings (SSSR count). The highest BCUT2D eigenvalue weighted by atomic mass is 16.5. The van der Waals surface area contributed by atoms with Crippen LogP contribution in [0.15, 0.2) is 42.5 Å². The number of benzene rings is 2. The summed E-state index contributed by atoms with van der Waals surface area (Å²) in [5.41, 5.74) is 5.26. The van der Waals surface area contributed by atoms with Crippen molar-refractivity contribution in [1.29, 1.82) is 0 Å². The number of ether oxygens (including phenoxy) is 1. The lowest BCUT2D eigenvalue weighted by molar-refractivity contribution is 0.0526. The maximum absolute atomic E-state index is 11.7. The van der Waals surface area contributed by atoms with E-state index in [1.807, 2.05) is 18.2 Å². The van der Waals surface area contributed by atoms with E-state index < -0.39 is 0 Å². The van der Waals surface area contributed by atoms with Crippen LogP contribution in [0.1, 0.15) is 34.0 Å². The third-order valence-electron chi connectivity index (χ3n) is 3.36. The van der Waals surface area contributed by atoms with Gasteiger partial charge in [0, 0.05) is 12.2 Å². The molecule has 21 heavy (non-hydrogen) atoms. The van der Waals surface area contributed by atoms with Gasteiger partial charge in [-0.15, -0.1) is 0 Å². The fourth-order valence-electron chi connectivity index (χ4n) is 2.16. The Hall–Kier alpha value is -2.29. The minimum absolute atomic E-state index is 0.284. The fraction of sp³-hybridized carbons (Fsp3) is 0.278. The molecule has 0 spiro atoms. The predicted octanol–water partition coefficient (Wildman–Crippen LogP) is 4.09. The first-order chi connectivity index (χ1) is 10.1. The van der Waals surface area contributed by atoms with E-state index >= 15 is 0 Å². The van der Waals surface area contributed by atoms with Crippen molar-refractivity contribution in [2.24, 2.45) is 0 Å². The molecule has 0 unspecified atom stereocenters. The molecule has 0 radical (unpaired) electrons. The number of esters is 1. The lowest BCUT2D eigenvalue weighted by Crippen LogP contribution is -2.06. The van der Waals surface area contributed by atoms with Crippen LogP contribution in [-0.4, -0.2) is 12.6 Å². The van der Waals surface area contributed by atoms with Crippen LogP contribution in [-0.2, 0) is 11.3 Å². The van der Waals surface area contributed by atoms with Crippen molar-refractivity contribution >= 4 is 11.7 Å². The largest absolute Gasteiger partial charge is 0.462 e. The molecule has 110 valence electrons. The van der Waals surface area contributed by atoms with Gasteiger partial charge in [0.25, 0.3) is 0 Å². The minimum atomic E-state index is -0.284. The quantitative estimate of drug-likeness (QED) is 0.840. The Labute approximate surface area is 126 Å². The second-order valence-electron chi connectivity index (χ2n) is 5.08. The van der Waals surface area contributed by atoms with Gasteiger partial charge in [-0.1, -0.05) is 29.8 Å². The number of hydrogen-bond donors (Lipinski definition) is 1. The van der Waals surface area contributed by atoms with Gasteiger partial charge in [-0.2, -0.15) is 0 Å². The summed E-state index contributed by atoms with van der Waals surface area (Å²) in [5.74, 6) is -0.284. The molecule has 0 atom stereocenters. The molecular formula is C18H21NO2. The molecule has 0 aliphatic heterocycles. The summed E-state index contributed by atoms with van der Waals surface area (Å²) in [6, 6.07) is 13.8. The van der Waals surface area contributed by atoms with Crippen molar-refractivity contribution in [1.82, 2.24) is 0 Å². The van der Waals surface area contributed by atoms with Gasteiger partial charge in [-0.25, -0.2) is 4.79 Å². The molecule has 2 aromatic carbocycles. The van der Waals surface area contributed by atoms with E-state index in [9.17, 15) is 4.79 Å². The van der Waals surface area contributed by atoms with Crippen molar-refractivity contribution in [3.05, 3.63) is 64.7 Å².